The first-order valence-corrected chi connectivity index (χ1v) is 13.8. The van der Waals surface area contributed by atoms with Crippen molar-refractivity contribution in [3.05, 3.63) is 24.7 Å². The molecule has 7 rings (SSSR count). The average molecular weight is 446 g/mol. The van der Waals surface area contributed by atoms with Crippen LogP contribution >= 0.6 is 0 Å². The molecule has 2 aromatic heterocycles. The van der Waals surface area contributed by atoms with E-state index in [-0.39, 0.29) is 11.3 Å². The first-order valence-electron chi connectivity index (χ1n) is 13.8. The number of ketones is 1. The molecular formula is C29H39N3O. The minimum Gasteiger partial charge on any atom is -0.297 e. The van der Waals surface area contributed by atoms with Crippen molar-refractivity contribution in [3.63, 3.8) is 0 Å². The van der Waals surface area contributed by atoms with Crippen LogP contribution in [0.2, 0.25) is 0 Å². The largest absolute Gasteiger partial charge is 0.297 e. The highest BCUT2D eigenvalue weighted by molar-refractivity contribution is 5.84. The number of hydrogen-bond acceptors (Lipinski definition) is 3. The van der Waals surface area contributed by atoms with Gasteiger partial charge in [0, 0.05) is 23.7 Å². The summed E-state index contributed by atoms with van der Waals surface area (Å²) in [5, 5.41) is 5.73. The van der Waals surface area contributed by atoms with E-state index in [4.69, 9.17) is 0 Å². The van der Waals surface area contributed by atoms with E-state index in [1.165, 1.54) is 44.9 Å². The van der Waals surface area contributed by atoms with Gasteiger partial charge in [-0.2, -0.15) is 5.10 Å². The zero-order valence-corrected chi connectivity index (χ0v) is 20.5. The monoisotopic (exact) mass is 445 g/mol. The Balaban J connectivity index is 1.16. The van der Waals surface area contributed by atoms with Gasteiger partial charge in [0.25, 0.3) is 0 Å². The summed E-state index contributed by atoms with van der Waals surface area (Å²) < 4.78 is 1.88. The standard InChI is InChI=1S/C29H39N3O/c1-16-4-6-20-18(12-16)5-7-22-21(20)8-10-29(3)27(22)25-17(2)26(25)28(29)24(33)15-32-14-19-9-11-30-13-23(19)31-32/h9,11,13-14,16-18,20-22,25-28H,4-8,10,12,15H2,1-3H3/t16-,17-,18+,20-,21?,22+,25+,26-,27?,28-,29-/m0/s1. The molecule has 0 aromatic carbocycles. The number of aromatic nitrogens is 3. The molecule has 0 amide bonds. The van der Waals surface area contributed by atoms with Gasteiger partial charge in [-0.25, -0.2) is 0 Å². The van der Waals surface area contributed by atoms with E-state index in [1.807, 2.05) is 16.9 Å². The van der Waals surface area contributed by atoms with Crippen LogP contribution in [0.1, 0.15) is 65.7 Å². The van der Waals surface area contributed by atoms with Gasteiger partial charge in [-0.05, 0) is 103 Å². The predicted octanol–water partition coefficient (Wildman–Crippen LogP) is 6.01. The molecule has 176 valence electrons. The molecule has 0 spiro atoms. The van der Waals surface area contributed by atoms with E-state index in [0.29, 0.717) is 18.2 Å². The molecule has 0 radical (unpaired) electrons. The topological polar surface area (TPSA) is 47.8 Å². The number of Topliss-reactive ketones (excluding diaryl/α,β-unsaturated/α-hetero) is 1. The van der Waals surface area contributed by atoms with Crippen molar-refractivity contribution >= 4 is 16.7 Å². The minimum absolute atomic E-state index is 0.211. The highest BCUT2D eigenvalue weighted by atomic mass is 16.1. The molecule has 4 nitrogen and oxygen atoms in total. The number of carbonyl (C=O) groups is 1. The lowest BCUT2D eigenvalue weighted by Gasteiger charge is -2.57. The van der Waals surface area contributed by atoms with Gasteiger partial charge in [-0.15, -0.1) is 0 Å². The fraction of sp³-hybridized carbons (Fsp3) is 0.759. The summed E-state index contributed by atoms with van der Waals surface area (Å²) in [4.78, 5) is 18.1. The summed E-state index contributed by atoms with van der Waals surface area (Å²) in [5.41, 5.74) is 1.10. The van der Waals surface area contributed by atoms with Crippen LogP contribution in [0.25, 0.3) is 10.9 Å². The molecule has 5 aliphatic carbocycles. The summed E-state index contributed by atoms with van der Waals surface area (Å²) in [7, 11) is 0. The first kappa shape index (κ1) is 20.6. The van der Waals surface area contributed by atoms with Crippen LogP contribution in [0, 0.1) is 64.6 Å². The Morgan fingerprint density at radius 1 is 1.09 bits per heavy atom. The zero-order valence-electron chi connectivity index (χ0n) is 20.5. The molecule has 5 aliphatic rings. The summed E-state index contributed by atoms with van der Waals surface area (Å²) in [6, 6.07) is 1.98. The molecule has 4 heteroatoms. The van der Waals surface area contributed by atoms with Crippen molar-refractivity contribution in [1.29, 1.82) is 0 Å². The van der Waals surface area contributed by atoms with Gasteiger partial charge in [0.15, 0.2) is 5.78 Å². The van der Waals surface area contributed by atoms with Crippen molar-refractivity contribution in [3.8, 4) is 0 Å². The summed E-state index contributed by atoms with van der Waals surface area (Å²) in [5.74, 6) is 8.37. The fourth-order valence-corrected chi connectivity index (χ4v) is 10.3. The second kappa shape index (κ2) is 7.15. The molecule has 0 N–H and O–H groups in total. The number of rotatable bonds is 3. The minimum atomic E-state index is 0.211. The van der Waals surface area contributed by atoms with Crippen LogP contribution in [0.15, 0.2) is 24.7 Å². The Morgan fingerprint density at radius 2 is 1.94 bits per heavy atom. The van der Waals surface area contributed by atoms with Gasteiger partial charge in [0.2, 0.25) is 0 Å². The third-order valence-electron chi connectivity index (χ3n) is 11.6. The second-order valence-electron chi connectivity index (χ2n) is 13.0. The van der Waals surface area contributed by atoms with E-state index in [2.05, 4.69) is 30.9 Å². The van der Waals surface area contributed by atoms with Crippen LogP contribution in [0.5, 0.6) is 0 Å². The van der Waals surface area contributed by atoms with Crippen LogP contribution in [-0.2, 0) is 11.3 Å². The van der Waals surface area contributed by atoms with E-state index in [0.717, 1.165) is 58.2 Å². The SMILES string of the molecule is C[C@H]1CC[C@@H]2C3CC[C@@]4(C)C([C@@H]3CC[C@@H]2C1)[C@@H]1[C@H](C)[C@@H]1[C@@H]4C(=O)Cn1cc2ccncc2n1. The van der Waals surface area contributed by atoms with Crippen molar-refractivity contribution in [1.82, 2.24) is 14.8 Å². The van der Waals surface area contributed by atoms with Crippen molar-refractivity contribution in [2.45, 2.75) is 72.3 Å². The smallest absolute Gasteiger partial charge is 0.158 e. The molecule has 33 heavy (non-hydrogen) atoms. The maximum absolute atomic E-state index is 13.9. The number of fused-ring (bicyclic) bond motifs is 8. The van der Waals surface area contributed by atoms with Gasteiger partial charge in [-0.1, -0.05) is 27.2 Å². The molecule has 5 fully saturated rings. The van der Waals surface area contributed by atoms with Gasteiger partial charge in [-0.3, -0.25) is 14.5 Å². The van der Waals surface area contributed by atoms with E-state index in [1.54, 1.807) is 12.4 Å². The van der Waals surface area contributed by atoms with Crippen LogP contribution < -0.4 is 0 Å². The van der Waals surface area contributed by atoms with Crippen LogP contribution in [-0.4, -0.2) is 20.5 Å². The summed E-state index contributed by atoms with van der Waals surface area (Å²) in [6.07, 6.45) is 15.6. The zero-order chi connectivity index (χ0) is 22.5. The molecule has 11 atom stereocenters. The molecule has 2 unspecified atom stereocenters. The number of nitrogens with zero attached hydrogens (tertiary/aromatic N) is 3. The first-order chi connectivity index (χ1) is 16.0. The Kier molecular flexibility index (Phi) is 4.47. The Hall–Kier alpha value is -1.71. The second-order valence-corrected chi connectivity index (χ2v) is 13.0. The van der Waals surface area contributed by atoms with Crippen molar-refractivity contribution in [2.24, 2.45) is 64.6 Å². The molecule has 0 bridgehead atoms. The normalized spacial score (nSPS) is 48.0. The Morgan fingerprint density at radius 3 is 2.79 bits per heavy atom. The Bertz CT molecular complexity index is 1060. The molecule has 0 saturated heterocycles. The lowest BCUT2D eigenvalue weighted by molar-refractivity contribution is -0.135. The maximum atomic E-state index is 13.9. The fourth-order valence-electron chi connectivity index (χ4n) is 10.3. The summed E-state index contributed by atoms with van der Waals surface area (Å²) >= 11 is 0. The van der Waals surface area contributed by atoms with Crippen molar-refractivity contribution < 1.29 is 4.79 Å². The molecule has 0 aliphatic heterocycles. The van der Waals surface area contributed by atoms with Crippen molar-refractivity contribution in [2.75, 3.05) is 0 Å². The van der Waals surface area contributed by atoms with Gasteiger partial charge in [0.1, 0.15) is 5.52 Å². The van der Waals surface area contributed by atoms with Crippen LogP contribution in [0.3, 0.4) is 0 Å². The lowest BCUT2D eigenvalue weighted by Crippen LogP contribution is -2.51. The number of pyridine rings is 1. The highest BCUT2D eigenvalue weighted by Crippen LogP contribution is 2.76. The molecule has 2 aromatic rings. The molecule has 5 saturated carbocycles. The van der Waals surface area contributed by atoms with Crippen LogP contribution in [0.4, 0.5) is 0 Å². The molecular weight excluding hydrogens is 406 g/mol. The highest BCUT2D eigenvalue weighted by Gasteiger charge is 2.73. The third kappa shape index (κ3) is 2.91. The number of hydrogen-bond donors (Lipinski definition) is 0. The van der Waals surface area contributed by atoms with E-state index in [9.17, 15) is 4.79 Å². The Labute approximate surface area is 197 Å². The number of carbonyl (C=O) groups excluding carboxylic acids is 1. The third-order valence-corrected chi connectivity index (χ3v) is 11.6. The molecule has 2 heterocycles. The van der Waals surface area contributed by atoms with Gasteiger partial charge in [0.05, 0.1) is 12.7 Å². The lowest BCUT2D eigenvalue weighted by atomic mass is 9.47. The maximum Gasteiger partial charge on any atom is 0.158 e. The predicted molar refractivity (Wildman–Crippen MR) is 129 cm³/mol. The van der Waals surface area contributed by atoms with E-state index < -0.39 is 0 Å². The van der Waals surface area contributed by atoms with Gasteiger partial charge >= 0.3 is 0 Å². The summed E-state index contributed by atoms with van der Waals surface area (Å²) in [6.45, 7) is 7.87. The average Bonchev–Trinajstić information content (AvgIpc) is 3.15. The quantitative estimate of drug-likeness (QED) is 0.581. The van der Waals surface area contributed by atoms with Gasteiger partial charge < -0.3 is 0 Å². The van der Waals surface area contributed by atoms with E-state index >= 15 is 0 Å².